The highest BCUT2D eigenvalue weighted by Gasteiger charge is 2.21. The van der Waals surface area contributed by atoms with E-state index in [1.165, 1.54) is 0 Å². The highest BCUT2D eigenvalue weighted by atomic mass is 32.2. The van der Waals surface area contributed by atoms with Crippen LogP contribution in [-0.2, 0) is 14.8 Å². The van der Waals surface area contributed by atoms with E-state index < -0.39 is 10.0 Å². The van der Waals surface area contributed by atoms with Gasteiger partial charge in [-0.2, -0.15) is 0 Å². The lowest BCUT2D eigenvalue weighted by molar-refractivity contribution is 0.284. The van der Waals surface area contributed by atoms with E-state index in [0.717, 1.165) is 12.6 Å². The SMILES string of the molecule is NC=C(C1=NCCCO1)S(N)(=O)=O. The zero-order chi connectivity index (χ0) is 9.90. The summed E-state index contributed by atoms with van der Waals surface area (Å²) in [6, 6.07) is 0. The molecule has 0 saturated carbocycles. The van der Waals surface area contributed by atoms with Gasteiger partial charge in [-0.25, -0.2) is 13.6 Å². The van der Waals surface area contributed by atoms with Crippen LogP contribution in [0.5, 0.6) is 0 Å². The molecule has 0 amide bonds. The number of hydrogen-bond donors (Lipinski definition) is 2. The smallest absolute Gasteiger partial charge is 0.244 e. The molecule has 4 N–H and O–H groups in total. The van der Waals surface area contributed by atoms with Crippen molar-refractivity contribution < 1.29 is 13.2 Å². The van der Waals surface area contributed by atoms with Crippen molar-refractivity contribution in [1.29, 1.82) is 0 Å². The van der Waals surface area contributed by atoms with Crippen LogP contribution in [0.1, 0.15) is 6.42 Å². The molecule has 0 aromatic rings. The third-order valence-electron chi connectivity index (χ3n) is 1.47. The van der Waals surface area contributed by atoms with Crippen LogP contribution >= 0.6 is 0 Å². The first-order chi connectivity index (χ1) is 6.05. The second-order valence-corrected chi connectivity index (χ2v) is 3.99. The number of sulfonamides is 1. The van der Waals surface area contributed by atoms with Crippen molar-refractivity contribution in [3.05, 3.63) is 11.1 Å². The second kappa shape index (κ2) is 3.75. The van der Waals surface area contributed by atoms with Gasteiger partial charge in [0.15, 0.2) is 4.91 Å². The van der Waals surface area contributed by atoms with E-state index >= 15 is 0 Å². The molecule has 7 heteroatoms. The van der Waals surface area contributed by atoms with Gasteiger partial charge in [0, 0.05) is 19.2 Å². The Bertz CT molecular complexity index is 344. The minimum absolute atomic E-state index is 0.0104. The molecule has 0 bridgehead atoms. The Labute approximate surface area is 76.3 Å². The number of hydrogen-bond acceptors (Lipinski definition) is 5. The van der Waals surface area contributed by atoms with Gasteiger partial charge in [0.2, 0.25) is 15.9 Å². The lowest BCUT2D eigenvalue weighted by atomic mass is 10.4. The Morgan fingerprint density at radius 2 is 2.31 bits per heavy atom. The molecule has 1 heterocycles. The van der Waals surface area contributed by atoms with Crippen LogP contribution in [-0.4, -0.2) is 27.5 Å². The monoisotopic (exact) mass is 205 g/mol. The first-order valence-electron chi connectivity index (χ1n) is 3.68. The minimum atomic E-state index is -3.83. The van der Waals surface area contributed by atoms with Crippen LogP contribution in [0.15, 0.2) is 16.1 Å². The van der Waals surface area contributed by atoms with Crippen LogP contribution in [0, 0.1) is 0 Å². The number of nitrogens with zero attached hydrogens (tertiary/aromatic N) is 1. The van der Waals surface area contributed by atoms with Crippen molar-refractivity contribution in [1.82, 2.24) is 0 Å². The van der Waals surface area contributed by atoms with Crippen LogP contribution in [0.25, 0.3) is 0 Å². The minimum Gasteiger partial charge on any atom is -0.477 e. The van der Waals surface area contributed by atoms with E-state index in [1.807, 2.05) is 0 Å². The quantitative estimate of drug-likeness (QED) is 0.596. The maximum Gasteiger partial charge on any atom is 0.244 e. The molecule has 1 aliphatic heterocycles. The van der Waals surface area contributed by atoms with Gasteiger partial charge in [-0.15, -0.1) is 0 Å². The van der Waals surface area contributed by atoms with Gasteiger partial charge >= 0.3 is 0 Å². The Morgan fingerprint density at radius 3 is 2.69 bits per heavy atom. The molecule has 0 atom stereocenters. The van der Waals surface area contributed by atoms with Crippen molar-refractivity contribution >= 4 is 15.9 Å². The fraction of sp³-hybridized carbons (Fsp3) is 0.500. The van der Waals surface area contributed by atoms with Crippen LogP contribution < -0.4 is 10.9 Å². The van der Waals surface area contributed by atoms with E-state index in [0.29, 0.717) is 13.2 Å². The summed E-state index contributed by atoms with van der Waals surface area (Å²) in [6.45, 7) is 0.966. The lowest BCUT2D eigenvalue weighted by Gasteiger charge is -2.14. The van der Waals surface area contributed by atoms with Gasteiger partial charge in [-0.1, -0.05) is 0 Å². The van der Waals surface area contributed by atoms with Gasteiger partial charge in [0.1, 0.15) is 0 Å². The van der Waals surface area contributed by atoms with E-state index in [2.05, 4.69) is 4.99 Å². The fourth-order valence-corrected chi connectivity index (χ4v) is 1.45. The predicted molar refractivity (Wildman–Crippen MR) is 48.2 cm³/mol. The van der Waals surface area contributed by atoms with Gasteiger partial charge in [0.25, 0.3) is 0 Å². The molecule has 74 valence electrons. The third kappa shape index (κ3) is 2.43. The lowest BCUT2D eigenvalue weighted by Crippen LogP contribution is -2.26. The average Bonchev–Trinajstić information content (AvgIpc) is 2.05. The molecular weight excluding hydrogens is 194 g/mol. The summed E-state index contributed by atoms with van der Waals surface area (Å²) in [5.41, 5.74) is 5.11. The Hall–Kier alpha value is -1.08. The second-order valence-electron chi connectivity index (χ2n) is 2.46. The van der Waals surface area contributed by atoms with Crippen LogP contribution in [0.3, 0.4) is 0 Å². The normalized spacial score (nSPS) is 19.2. The largest absolute Gasteiger partial charge is 0.477 e. The van der Waals surface area contributed by atoms with E-state index in [-0.39, 0.29) is 10.8 Å². The zero-order valence-corrected chi connectivity index (χ0v) is 7.75. The van der Waals surface area contributed by atoms with Crippen LogP contribution in [0.4, 0.5) is 0 Å². The number of rotatable bonds is 2. The molecule has 0 spiro atoms. The summed E-state index contributed by atoms with van der Waals surface area (Å²) in [7, 11) is -3.83. The van der Waals surface area contributed by atoms with E-state index in [4.69, 9.17) is 15.6 Å². The van der Waals surface area contributed by atoms with Gasteiger partial charge < -0.3 is 10.5 Å². The molecule has 0 aromatic carbocycles. The maximum atomic E-state index is 10.9. The standard InChI is InChI=1S/C6H11N3O3S/c7-4-5(13(8,10)11)6-9-2-1-3-12-6/h4H,1-3,7H2,(H2,8,10,11). The molecule has 0 aromatic heterocycles. The molecule has 0 aliphatic carbocycles. The molecule has 1 rings (SSSR count). The number of aliphatic imine (C=N–C) groups is 1. The summed E-state index contributed by atoms with van der Waals surface area (Å²) >= 11 is 0. The molecule has 0 radical (unpaired) electrons. The zero-order valence-electron chi connectivity index (χ0n) is 6.93. The Morgan fingerprint density at radius 1 is 1.62 bits per heavy atom. The third-order valence-corrected chi connectivity index (χ3v) is 2.39. The number of ether oxygens (including phenoxy) is 1. The first-order valence-corrected chi connectivity index (χ1v) is 5.22. The van der Waals surface area contributed by atoms with Gasteiger partial charge in [-0.05, 0) is 0 Å². The predicted octanol–water partition coefficient (Wildman–Crippen LogP) is -1.11. The fourth-order valence-electron chi connectivity index (χ4n) is 0.897. The summed E-state index contributed by atoms with van der Waals surface area (Å²) in [4.78, 5) is 3.60. The highest BCUT2D eigenvalue weighted by Crippen LogP contribution is 2.08. The molecule has 0 saturated heterocycles. The first kappa shape index (κ1) is 10.0. The summed E-state index contributed by atoms with van der Waals surface area (Å²) in [5, 5.41) is 4.88. The molecule has 13 heavy (non-hydrogen) atoms. The molecule has 0 unspecified atom stereocenters. The average molecular weight is 205 g/mol. The molecule has 6 nitrogen and oxygen atoms in total. The van der Waals surface area contributed by atoms with Gasteiger partial charge in [0.05, 0.1) is 6.61 Å². The maximum absolute atomic E-state index is 10.9. The molecule has 0 fully saturated rings. The van der Waals surface area contributed by atoms with E-state index in [1.54, 1.807) is 0 Å². The summed E-state index contributed by atoms with van der Waals surface area (Å²) in [5.74, 6) is 0.0104. The topological polar surface area (TPSA) is 108 Å². The summed E-state index contributed by atoms with van der Waals surface area (Å²) < 4.78 is 26.9. The molecule has 1 aliphatic rings. The van der Waals surface area contributed by atoms with E-state index in [9.17, 15) is 8.42 Å². The Balaban J connectivity index is 2.98. The van der Waals surface area contributed by atoms with Gasteiger partial charge in [-0.3, -0.25) is 4.99 Å². The highest BCUT2D eigenvalue weighted by molar-refractivity contribution is 7.94. The van der Waals surface area contributed by atoms with Crippen molar-refractivity contribution in [2.75, 3.05) is 13.2 Å². The van der Waals surface area contributed by atoms with Crippen molar-refractivity contribution in [3.63, 3.8) is 0 Å². The van der Waals surface area contributed by atoms with Crippen molar-refractivity contribution in [3.8, 4) is 0 Å². The molecular formula is C6H11N3O3S. The van der Waals surface area contributed by atoms with Crippen molar-refractivity contribution in [2.24, 2.45) is 15.9 Å². The Kier molecular flexibility index (Phi) is 2.89. The van der Waals surface area contributed by atoms with Crippen molar-refractivity contribution in [2.45, 2.75) is 6.42 Å². The number of nitrogens with two attached hydrogens (primary N) is 2. The number of primary sulfonamides is 1. The van der Waals surface area contributed by atoms with Crippen LogP contribution in [0.2, 0.25) is 0 Å². The summed E-state index contributed by atoms with van der Waals surface area (Å²) in [6.07, 6.45) is 1.66.